The molecule has 0 saturated carbocycles. The van der Waals surface area contributed by atoms with E-state index >= 15 is 0 Å². The Balaban J connectivity index is 2.02. The molecule has 0 atom stereocenters. The van der Waals surface area contributed by atoms with Crippen molar-refractivity contribution in [3.8, 4) is 0 Å². The van der Waals surface area contributed by atoms with Crippen LogP contribution in [0.4, 0.5) is 13.2 Å². The molecule has 0 aliphatic carbocycles. The zero-order chi connectivity index (χ0) is 15.4. The van der Waals surface area contributed by atoms with E-state index in [2.05, 4.69) is 0 Å². The van der Waals surface area contributed by atoms with Crippen molar-refractivity contribution in [2.24, 2.45) is 0 Å². The standard InChI is InChI=1S/C14H9F3N2O2/c15-10-4-2-1-3-9(10)14(21)19-18-13(20)8-5-6-11(16)12(17)7-8/h1-7H,(H,18,20)(H,19,21). The van der Waals surface area contributed by atoms with Crippen LogP contribution in [0.1, 0.15) is 20.7 Å². The highest BCUT2D eigenvalue weighted by molar-refractivity contribution is 5.99. The minimum atomic E-state index is -1.19. The molecule has 0 radical (unpaired) electrons. The van der Waals surface area contributed by atoms with Crippen LogP contribution in [0.3, 0.4) is 0 Å². The molecule has 2 amide bonds. The van der Waals surface area contributed by atoms with Gasteiger partial charge in [-0.2, -0.15) is 0 Å². The molecular weight excluding hydrogens is 285 g/mol. The topological polar surface area (TPSA) is 58.2 Å². The third-order valence-corrected chi connectivity index (χ3v) is 2.59. The smallest absolute Gasteiger partial charge is 0.267 e. The van der Waals surface area contributed by atoms with Crippen LogP contribution in [-0.2, 0) is 0 Å². The highest BCUT2D eigenvalue weighted by Gasteiger charge is 2.13. The Kier molecular flexibility index (Phi) is 4.22. The molecule has 21 heavy (non-hydrogen) atoms. The summed E-state index contributed by atoms with van der Waals surface area (Å²) in [6.07, 6.45) is 0. The molecule has 0 saturated heterocycles. The van der Waals surface area contributed by atoms with E-state index in [4.69, 9.17) is 0 Å². The van der Waals surface area contributed by atoms with Gasteiger partial charge in [-0.05, 0) is 30.3 Å². The first-order chi connectivity index (χ1) is 9.99. The van der Waals surface area contributed by atoms with E-state index in [1.807, 2.05) is 10.9 Å². The quantitative estimate of drug-likeness (QED) is 0.834. The van der Waals surface area contributed by atoms with Crippen LogP contribution in [0, 0.1) is 17.5 Å². The van der Waals surface area contributed by atoms with E-state index in [9.17, 15) is 22.8 Å². The van der Waals surface area contributed by atoms with Gasteiger partial charge in [-0.1, -0.05) is 12.1 Å². The Hall–Kier alpha value is -2.83. The molecule has 0 unspecified atom stereocenters. The monoisotopic (exact) mass is 294 g/mol. The molecule has 0 heterocycles. The van der Waals surface area contributed by atoms with Gasteiger partial charge in [0.2, 0.25) is 0 Å². The van der Waals surface area contributed by atoms with Crippen LogP contribution in [0.25, 0.3) is 0 Å². The number of nitrogens with one attached hydrogen (secondary N) is 2. The van der Waals surface area contributed by atoms with E-state index in [0.717, 1.165) is 18.2 Å². The minimum absolute atomic E-state index is 0.192. The van der Waals surface area contributed by atoms with Crippen LogP contribution in [0.5, 0.6) is 0 Å². The van der Waals surface area contributed by atoms with E-state index in [0.29, 0.717) is 6.07 Å². The highest BCUT2D eigenvalue weighted by atomic mass is 19.2. The fourth-order valence-electron chi connectivity index (χ4n) is 1.54. The lowest BCUT2D eigenvalue weighted by Gasteiger charge is -2.08. The van der Waals surface area contributed by atoms with Crippen molar-refractivity contribution in [3.05, 3.63) is 71.0 Å². The van der Waals surface area contributed by atoms with Crippen molar-refractivity contribution in [2.75, 3.05) is 0 Å². The predicted octanol–water partition coefficient (Wildman–Crippen LogP) is 2.18. The van der Waals surface area contributed by atoms with Gasteiger partial charge in [-0.25, -0.2) is 13.2 Å². The summed E-state index contributed by atoms with van der Waals surface area (Å²) in [5.41, 5.74) is 3.50. The average Bonchev–Trinajstić information content (AvgIpc) is 2.47. The Morgan fingerprint density at radius 2 is 1.43 bits per heavy atom. The lowest BCUT2D eigenvalue weighted by Crippen LogP contribution is -2.42. The van der Waals surface area contributed by atoms with Crippen LogP contribution >= 0.6 is 0 Å². The first-order valence-electron chi connectivity index (χ1n) is 5.79. The number of carbonyl (C=O) groups is 2. The Labute approximate surface area is 117 Å². The van der Waals surface area contributed by atoms with Crippen molar-refractivity contribution in [1.82, 2.24) is 10.9 Å². The van der Waals surface area contributed by atoms with Crippen LogP contribution in [0.2, 0.25) is 0 Å². The molecule has 0 aromatic heterocycles. The van der Waals surface area contributed by atoms with Gasteiger partial charge < -0.3 is 0 Å². The van der Waals surface area contributed by atoms with Crippen LogP contribution in [-0.4, -0.2) is 11.8 Å². The number of carbonyl (C=O) groups excluding carboxylic acids is 2. The maximum Gasteiger partial charge on any atom is 0.272 e. The Bertz CT molecular complexity index is 704. The number of hydrogen-bond acceptors (Lipinski definition) is 2. The fourth-order valence-corrected chi connectivity index (χ4v) is 1.54. The third-order valence-electron chi connectivity index (χ3n) is 2.59. The van der Waals surface area contributed by atoms with Gasteiger partial charge in [0, 0.05) is 5.56 Å². The summed E-state index contributed by atoms with van der Waals surface area (Å²) in [6, 6.07) is 7.69. The third kappa shape index (κ3) is 3.38. The summed E-state index contributed by atoms with van der Waals surface area (Å²) < 4.78 is 39.0. The van der Waals surface area contributed by atoms with Crippen molar-refractivity contribution in [3.63, 3.8) is 0 Å². The molecule has 0 bridgehead atoms. The highest BCUT2D eigenvalue weighted by Crippen LogP contribution is 2.08. The van der Waals surface area contributed by atoms with Gasteiger partial charge in [0.25, 0.3) is 11.8 Å². The molecule has 4 nitrogen and oxygen atoms in total. The van der Waals surface area contributed by atoms with Crippen LogP contribution < -0.4 is 10.9 Å². The Morgan fingerprint density at radius 1 is 0.762 bits per heavy atom. The van der Waals surface area contributed by atoms with Gasteiger partial charge in [0.05, 0.1) is 5.56 Å². The molecule has 108 valence electrons. The molecule has 2 rings (SSSR count). The summed E-state index contributed by atoms with van der Waals surface area (Å²) in [5, 5.41) is 0. The predicted molar refractivity (Wildman–Crippen MR) is 67.7 cm³/mol. The van der Waals surface area contributed by atoms with Crippen molar-refractivity contribution in [2.45, 2.75) is 0 Å². The second kappa shape index (κ2) is 6.08. The van der Waals surface area contributed by atoms with Crippen molar-refractivity contribution < 1.29 is 22.8 Å². The van der Waals surface area contributed by atoms with E-state index in [1.54, 1.807) is 0 Å². The average molecular weight is 294 g/mol. The van der Waals surface area contributed by atoms with Gasteiger partial charge in [-0.15, -0.1) is 0 Å². The first kappa shape index (κ1) is 14.6. The van der Waals surface area contributed by atoms with E-state index < -0.39 is 29.3 Å². The summed E-state index contributed by atoms with van der Waals surface area (Å²) >= 11 is 0. The summed E-state index contributed by atoms with van der Waals surface area (Å²) in [5.74, 6) is -4.77. The number of benzene rings is 2. The number of hydrazine groups is 1. The second-order valence-electron chi connectivity index (χ2n) is 4.02. The second-order valence-corrected chi connectivity index (χ2v) is 4.02. The largest absolute Gasteiger partial charge is 0.272 e. The van der Waals surface area contributed by atoms with Gasteiger partial charge in [0.1, 0.15) is 5.82 Å². The molecular formula is C14H9F3N2O2. The lowest BCUT2D eigenvalue weighted by atomic mass is 10.2. The molecule has 0 fully saturated rings. The number of hydrogen-bond donors (Lipinski definition) is 2. The minimum Gasteiger partial charge on any atom is -0.267 e. The Morgan fingerprint density at radius 3 is 2.10 bits per heavy atom. The SMILES string of the molecule is O=C(NNC(=O)c1ccccc1F)c1ccc(F)c(F)c1. The zero-order valence-corrected chi connectivity index (χ0v) is 10.5. The van der Waals surface area contributed by atoms with Gasteiger partial charge in [-0.3, -0.25) is 20.4 Å². The van der Waals surface area contributed by atoms with Crippen molar-refractivity contribution in [1.29, 1.82) is 0 Å². The fraction of sp³-hybridized carbons (Fsp3) is 0. The molecule has 0 spiro atoms. The molecule has 2 aromatic rings. The van der Waals surface area contributed by atoms with Crippen LogP contribution in [0.15, 0.2) is 42.5 Å². The van der Waals surface area contributed by atoms with E-state index in [-0.39, 0.29) is 11.1 Å². The zero-order valence-electron chi connectivity index (χ0n) is 10.5. The molecule has 0 aliphatic heterocycles. The summed E-state index contributed by atoms with van der Waals surface area (Å²) in [7, 11) is 0. The number of halogens is 3. The summed E-state index contributed by atoms with van der Waals surface area (Å²) in [4.78, 5) is 23.2. The number of amides is 2. The van der Waals surface area contributed by atoms with Gasteiger partial charge in [0.15, 0.2) is 11.6 Å². The van der Waals surface area contributed by atoms with E-state index in [1.165, 1.54) is 18.2 Å². The molecule has 0 aliphatic rings. The lowest BCUT2D eigenvalue weighted by molar-refractivity contribution is 0.0844. The maximum absolute atomic E-state index is 13.3. The maximum atomic E-state index is 13.3. The van der Waals surface area contributed by atoms with Crippen molar-refractivity contribution >= 4 is 11.8 Å². The summed E-state index contributed by atoms with van der Waals surface area (Å²) in [6.45, 7) is 0. The first-order valence-corrected chi connectivity index (χ1v) is 5.79. The normalized spacial score (nSPS) is 10.0. The molecule has 2 N–H and O–H groups in total. The van der Waals surface area contributed by atoms with Gasteiger partial charge >= 0.3 is 0 Å². The molecule has 7 heteroatoms. The molecule has 2 aromatic carbocycles. The number of rotatable bonds is 2.